The number of nitrogens with one attached hydrogen (secondary N) is 1. The molecule has 2 heterocycles. The number of benzene rings is 2. The molecule has 2 aliphatic heterocycles. The maximum Gasteiger partial charge on any atom is 0.334 e. The zero-order chi connectivity index (χ0) is 24.9. The zero-order valence-corrected chi connectivity index (χ0v) is 20.8. The second-order valence-electron chi connectivity index (χ2n) is 9.29. The van der Waals surface area contributed by atoms with E-state index in [1.54, 1.807) is 19.8 Å². The summed E-state index contributed by atoms with van der Waals surface area (Å²) in [6, 6.07) is 18.7. The lowest BCUT2D eigenvalue weighted by Crippen LogP contribution is -2.77. The van der Waals surface area contributed by atoms with Gasteiger partial charge in [0.05, 0.1) is 13.1 Å². The molecular weight excluding hydrogens is 442 g/mol. The van der Waals surface area contributed by atoms with E-state index >= 15 is 0 Å². The lowest BCUT2D eigenvalue weighted by Gasteiger charge is -2.56. The minimum absolute atomic E-state index is 0.0325. The Bertz CT molecular complexity index is 1030. The molecule has 8 heteroatoms. The van der Waals surface area contributed by atoms with E-state index in [1.807, 2.05) is 81.4 Å². The third kappa shape index (κ3) is 5.17. The van der Waals surface area contributed by atoms with Crippen LogP contribution in [0.5, 0.6) is 0 Å². The van der Waals surface area contributed by atoms with Gasteiger partial charge in [-0.15, -0.1) is 0 Å². The predicted molar refractivity (Wildman–Crippen MR) is 133 cm³/mol. The molecule has 3 atom stereocenters. The van der Waals surface area contributed by atoms with Crippen LogP contribution in [0.1, 0.15) is 38.3 Å². The van der Waals surface area contributed by atoms with Crippen molar-refractivity contribution < 1.29 is 14.4 Å². The van der Waals surface area contributed by atoms with Crippen molar-refractivity contribution in [3.63, 3.8) is 0 Å². The maximum absolute atomic E-state index is 13.7. The standard InChI is InChI=1S/C27H35N5O3/c1-4-20(3)25-26(34)29(17-22-14-10-7-11-15-22)18-23-31(25)24(33)19-30(5-2)32(23)27(35)28-16-21-12-8-6-9-13-21/h6-15,20,23,25H,4-5,16-19H2,1-3H3,(H,28,35)/t20?,23-,25-/m0/s1. The number of piperazine rings is 1. The first kappa shape index (κ1) is 24.7. The number of carbonyl (C=O) groups is 3. The molecule has 8 nitrogen and oxygen atoms in total. The second-order valence-corrected chi connectivity index (χ2v) is 9.29. The highest BCUT2D eigenvalue weighted by atomic mass is 16.2. The third-order valence-electron chi connectivity index (χ3n) is 7.02. The Balaban J connectivity index is 1.65. The fraction of sp³-hybridized carbons (Fsp3) is 0.444. The topological polar surface area (TPSA) is 76.2 Å². The van der Waals surface area contributed by atoms with Crippen LogP contribution in [0.4, 0.5) is 4.79 Å². The van der Waals surface area contributed by atoms with Crippen molar-refractivity contribution in [3.05, 3.63) is 71.8 Å². The molecule has 4 amide bonds. The van der Waals surface area contributed by atoms with Crippen LogP contribution in [0.2, 0.25) is 0 Å². The van der Waals surface area contributed by atoms with Gasteiger partial charge in [0.2, 0.25) is 11.8 Å². The summed E-state index contributed by atoms with van der Waals surface area (Å²) in [7, 11) is 0. The smallest absolute Gasteiger partial charge is 0.333 e. The Morgan fingerprint density at radius 1 is 1.00 bits per heavy atom. The van der Waals surface area contributed by atoms with Gasteiger partial charge in [0.15, 0.2) is 0 Å². The lowest BCUT2D eigenvalue weighted by atomic mass is 9.92. The number of fused-ring (bicyclic) bond motifs is 1. The molecular formula is C27H35N5O3. The Kier molecular flexibility index (Phi) is 7.70. The number of nitrogens with zero attached hydrogens (tertiary/aromatic N) is 4. The van der Waals surface area contributed by atoms with Crippen molar-refractivity contribution in [1.82, 2.24) is 25.1 Å². The second kappa shape index (κ2) is 10.9. The first-order valence-electron chi connectivity index (χ1n) is 12.4. The highest BCUT2D eigenvalue weighted by Crippen LogP contribution is 2.31. The molecule has 0 aliphatic carbocycles. The summed E-state index contributed by atoms with van der Waals surface area (Å²) in [5.41, 5.74) is 2.02. The van der Waals surface area contributed by atoms with Crippen molar-refractivity contribution in [3.8, 4) is 0 Å². The van der Waals surface area contributed by atoms with Crippen LogP contribution in [0.3, 0.4) is 0 Å². The number of hydrazine groups is 1. The molecule has 0 bridgehead atoms. The Morgan fingerprint density at radius 3 is 2.23 bits per heavy atom. The van der Waals surface area contributed by atoms with Gasteiger partial charge in [-0.25, -0.2) is 14.8 Å². The third-order valence-corrected chi connectivity index (χ3v) is 7.02. The van der Waals surface area contributed by atoms with E-state index in [4.69, 9.17) is 0 Å². The molecule has 2 aromatic rings. The first-order chi connectivity index (χ1) is 16.9. The van der Waals surface area contributed by atoms with Crippen molar-refractivity contribution in [2.24, 2.45) is 5.92 Å². The Morgan fingerprint density at radius 2 is 1.63 bits per heavy atom. The number of urea groups is 1. The Labute approximate surface area is 207 Å². The van der Waals surface area contributed by atoms with Gasteiger partial charge in [-0.05, 0) is 17.0 Å². The molecule has 4 rings (SSSR count). The normalized spacial score (nSPS) is 21.6. The highest BCUT2D eigenvalue weighted by molar-refractivity contribution is 5.91. The van der Waals surface area contributed by atoms with Crippen LogP contribution in [0.25, 0.3) is 0 Å². The van der Waals surface area contributed by atoms with Crippen LogP contribution in [0, 0.1) is 5.92 Å². The van der Waals surface area contributed by atoms with Crippen LogP contribution >= 0.6 is 0 Å². The van der Waals surface area contributed by atoms with Crippen LogP contribution < -0.4 is 5.32 Å². The fourth-order valence-corrected chi connectivity index (χ4v) is 4.96. The minimum Gasteiger partial charge on any atom is -0.333 e. The summed E-state index contributed by atoms with van der Waals surface area (Å²) in [4.78, 5) is 44.0. The molecule has 1 N–H and O–H groups in total. The van der Waals surface area contributed by atoms with Crippen molar-refractivity contribution in [1.29, 1.82) is 0 Å². The summed E-state index contributed by atoms with van der Waals surface area (Å²) in [6.45, 7) is 7.64. The minimum atomic E-state index is -0.599. The highest BCUT2D eigenvalue weighted by Gasteiger charge is 2.52. The summed E-state index contributed by atoms with van der Waals surface area (Å²) in [5, 5.41) is 6.46. The maximum atomic E-state index is 13.7. The van der Waals surface area contributed by atoms with Gasteiger partial charge in [-0.1, -0.05) is 87.9 Å². The number of hydrogen-bond acceptors (Lipinski definition) is 4. The number of amides is 4. The number of likely N-dealkylation sites (N-methyl/N-ethyl adjacent to an activating group) is 1. The van der Waals surface area contributed by atoms with E-state index < -0.39 is 12.2 Å². The molecule has 2 aliphatic rings. The van der Waals surface area contributed by atoms with E-state index in [0.29, 0.717) is 19.6 Å². The van der Waals surface area contributed by atoms with E-state index in [0.717, 1.165) is 17.5 Å². The van der Waals surface area contributed by atoms with E-state index in [1.165, 1.54) is 0 Å². The monoisotopic (exact) mass is 477 g/mol. The fourth-order valence-electron chi connectivity index (χ4n) is 4.96. The van der Waals surface area contributed by atoms with Gasteiger partial charge in [0.1, 0.15) is 12.2 Å². The van der Waals surface area contributed by atoms with E-state index in [2.05, 4.69) is 5.32 Å². The van der Waals surface area contributed by atoms with E-state index in [9.17, 15) is 14.4 Å². The number of carbonyl (C=O) groups excluding carboxylic acids is 3. The van der Waals surface area contributed by atoms with Gasteiger partial charge in [0, 0.05) is 19.6 Å². The molecule has 2 aromatic carbocycles. The zero-order valence-electron chi connectivity index (χ0n) is 20.8. The van der Waals surface area contributed by atoms with Crippen LogP contribution in [-0.2, 0) is 22.7 Å². The molecule has 2 saturated heterocycles. The first-order valence-corrected chi connectivity index (χ1v) is 12.4. The van der Waals surface area contributed by atoms with Crippen LogP contribution in [0.15, 0.2) is 60.7 Å². The van der Waals surface area contributed by atoms with Gasteiger partial charge >= 0.3 is 6.03 Å². The Hall–Kier alpha value is -3.39. The van der Waals surface area contributed by atoms with Crippen molar-refractivity contribution >= 4 is 17.8 Å². The SMILES string of the molecule is CCC(C)[C@H]1C(=O)N(Cc2ccccc2)C[C@H]2N1C(=O)CN(CC)N2C(=O)NCc1ccccc1. The van der Waals surface area contributed by atoms with Crippen molar-refractivity contribution in [2.75, 3.05) is 19.6 Å². The predicted octanol–water partition coefficient (Wildman–Crippen LogP) is 3.06. The van der Waals surface area contributed by atoms with Crippen molar-refractivity contribution in [2.45, 2.75) is 52.5 Å². The molecule has 35 heavy (non-hydrogen) atoms. The molecule has 2 fully saturated rings. The van der Waals surface area contributed by atoms with Crippen LogP contribution in [-0.4, -0.2) is 69.5 Å². The number of hydrogen-bond donors (Lipinski definition) is 1. The lowest BCUT2D eigenvalue weighted by molar-refractivity contribution is -0.193. The molecule has 0 radical (unpaired) electrons. The molecule has 0 saturated carbocycles. The molecule has 0 spiro atoms. The average Bonchev–Trinajstić information content (AvgIpc) is 2.88. The number of rotatable bonds is 7. The largest absolute Gasteiger partial charge is 0.334 e. The molecule has 0 aromatic heterocycles. The summed E-state index contributed by atoms with van der Waals surface area (Å²) >= 11 is 0. The molecule has 186 valence electrons. The van der Waals surface area contributed by atoms with Gasteiger partial charge in [-0.3, -0.25) is 9.59 Å². The molecule has 1 unspecified atom stereocenters. The van der Waals surface area contributed by atoms with Gasteiger partial charge in [-0.2, -0.15) is 0 Å². The van der Waals surface area contributed by atoms with E-state index in [-0.39, 0.29) is 36.9 Å². The quantitative estimate of drug-likeness (QED) is 0.665. The summed E-state index contributed by atoms with van der Waals surface area (Å²) in [5.74, 6) is -0.195. The average molecular weight is 478 g/mol. The van der Waals surface area contributed by atoms with Gasteiger partial charge in [0.25, 0.3) is 0 Å². The van der Waals surface area contributed by atoms with Gasteiger partial charge < -0.3 is 15.1 Å². The summed E-state index contributed by atoms with van der Waals surface area (Å²) < 4.78 is 0. The summed E-state index contributed by atoms with van der Waals surface area (Å²) in [6.07, 6.45) is 0.191.